The van der Waals surface area contributed by atoms with Crippen LogP contribution in [0.15, 0.2) is 6.07 Å². The largest absolute Gasteiger partial charge is 0.311 e. The van der Waals surface area contributed by atoms with E-state index >= 15 is 0 Å². The van der Waals surface area contributed by atoms with Crippen molar-refractivity contribution in [3.05, 3.63) is 11.8 Å². The SMILES string of the molecule is CC(=O)Nc1cc(C)nn1C. The Labute approximate surface area is 65.2 Å². The summed E-state index contributed by atoms with van der Waals surface area (Å²) in [6.45, 7) is 3.35. The molecule has 1 heterocycles. The number of nitrogens with one attached hydrogen (secondary N) is 1. The van der Waals surface area contributed by atoms with Crippen molar-refractivity contribution in [1.82, 2.24) is 9.78 Å². The zero-order valence-electron chi connectivity index (χ0n) is 6.88. The first-order valence-corrected chi connectivity index (χ1v) is 3.38. The van der Waals surface area contributed by atoms with E-state index in [0.717, 1.165) is 11.5 Å². The van der Waals surface area contributed by atoms with E-state index in [1.165, 1.54) is 6.92 Å². The molecular weight excluding hydrogens is 142 g/mol. The molecule has 1 rings (SSSR count). The van der Waals surface area contributed by atoms with E-state index in [0.29, 0.717) is 0 Å². The van der Waals surface area contributed by atoms with Gasteiger partial charge >= 0.3 is 0 Å². The predicted molar refractivity (Wildman–Crippen MR) is 42.2 cm³/mol. The van der Waals surface area contributed by atoms with E-state index in [1.807, 2.05) is 13.0 Å². The molecule has 11 heavy (non-hydrogen) atoms. The van der Waals surface area contributed by atoms with Gasteiger partial charge in [0.15, 0.2) is 0 Å². The molecule has 0 saturated carbocycles. The van der Waals surface area contributed by atoms with Crippen LogP contribution in [0.2, 0.25) is 0 Å². The highest BCUT2D eigenvalue weighted by Crippen LogP contribution is 2.06. The number of hydrogen-bond acceptors (Lipinski definition) is 2. The van der Waals surface area contributed by atoms with Crippen LogP contribution >= 0.6 is 0 Å². The van der Waals surface area contributed by atoms with Crippen LogP contribution in [0.3, 0.4) is 0 Å². The molecule has 60 valence electrons. The van der Waals surface area contributed by atoms with E-state index in [9.17, 15) is 4.79 Å². The Morgan fingerprint density at radius 2 is 2.36 bits per heavy atom. The lowest BCUT2D eigenvalue weighted by Gasteiger charge is -1.99. The molecule has 1 N–H and O–H groups in total. The topological polar surface area (TPSA) is 46.9 Å². The van der Waals surface area contributed by atoms with Crippen LogP contribution in [0.5, 0.6) is 0 Å². The average molecular weight is 153 g/mol. The Kier molecular flexibility index (Phi) is 1.94. The summed E-state index contributed by atoms with van der Waals surface area (Å²) >= 11 is 0. The number of amides is 1. The predicted octanol–water partition coefficient (Wildman–Crippen LogP) is 0.687. The molecule has 0 aliphatic heterocycles. The molecule has 4 heteroatoms. The van der Waals surface area contributed by atoms with E-state index < -0.39 is 0 Å². The number of carbonyl (C=O) groups is 1. The van der Waals surface area contributed by atoms with Crippen molar-refractivity contribution in [3.63, 3.8) is 0 Å². The fourth-order valence-corrected chi connectivity index (χ4v) is 0.908. The molecule has 0 saturated heterocycles. The van der Waals surface area contributed by atoms with Crippen molar-refractivity contribution < 1.29 is 4.79 Å². The molecular formula is C7H11N3O. The van der Waals surface area contributed by atoms with Crippen LogP contribution in [0.25, 0.3) is 0 Å². The molecule has 0 aromatic carbocycles. The smallest absolute Gasteiger partial charge is 0.222 e. The van der Waals surface area contributed by atoms with Gasteiger partial charge in [-0.25, -0.2) is 0 Å². The fraction of sp³-hybridized carbons (Fsp3) is 0.429. The van der Waals surface area contributed by atoms with Gasteiger partial charge in [0.2, 0.25) is 5.91 Å². The Balaban J connectivity index is 2.85. The molecule has 1 aromatic heterocycles. The molecule has 4 nitrogen and oxygen atoms in total. The third kappa shape index (κ3) is 1.80. The summed E-state index contributed by atoms with van der Waals surface area (Å²) in [5.41, 5.74) is 0.899. The standard InChI is InChI=1S/C7H11N3O/c1-5-4-7(8-6(2)11)10(3)9-5/h4H,1-3H3,(H,8,11). The van der Waals surface area contributed by atoms with Gasteiger partial charge in [0.05, 0.1) is 5.69 Å². The van der Waals surface area contributed by atoms with E-state index in [4.69, 9.17) is 0 Å². The molecule has 0 fully saturated rings. The molecule has 0 radical (unpaired) electrons. The van der Waals surface area contributed by atoms with Crippen LogP contribution in [0, 0.1) is 6.92 Å². The van der Waals surface area contributed by atoms with E-state index in [2.05, 4.69) is 10.4 Å². The number of anilines is 1. The normalized spacial score (nSPS) is 9.73. The first-order chi connectivity index (χ1) is 5.09. The van der Waals surface area contributed by atoms with Gasteiger partial charge < -0.3 is 5.32 Å². The minimum atomic E-state index is -0.0759. The summed E-state index contributed by atoms with van der Waals surface area (Å²) in [4.78, 5) is 10.6. The summed E-state index contributed by atoms with van der Waals surface area (Å²) in [6.07, 6.45) is 0. The van der Waals surface area contributed by atoms with Crippen molar-refractivity contribution in [3.8, 4) is 0 Å². The number of rotatable bonds is 1. The zero-order valence-corrected chi connectivity index (χ0v) is 6.88. The quantitative estimate of drug-likeness (QED) is 0.645. The van der Waals surface area contributed by atoms with Crippen molar-refractivity contribution in [2.45, 2.75) is 13.8 Å². The molecule has 0 aliphatic rings. The van der Waals surface area contributed by atoms with Gasteiger partial charge in [-0.15, -0.1) is 0 Å². The van der Waals surface area contributed by atoms with Crippen molar-refractivity contribution in [1.29, 1.82) is 0 Å². The minimum Gasteiger partial charge on any atom is -0.311 e. The van der Waals surface area contributed by atoms with Crippen molar-refractivity contribution >= 4 is 11.7 Å². The number of nitrogens with zero attached hydrogens (tertiary/aromatic N) is 2. The van der Waals surface area contributed by atoms with E-state index in [1.54, 1.807) is 11.7 Å². The Morgan fingerprint density at radius 3 is 2.73 bits per heavy atom. The first-order valence-electron chi connectivity index (χ1n) is 3.38. The van der Waals surface area contributed by atoms with Gasteiger partial charge in [-0.2, -0.15) is 5.10 Å². The second kappa shape index (κ2) is 2.74. The lowest BCUT2D eigenvalue weighted by atomic mass is 10.4. The third-order valence-corrected chi connectivity index (χ3v) is 1.31. The van der Waals surface area contributed by atoms with Gasteiger partial charge in [-0.1, -0.05) is 0 Å². The number of carbonyl (C=O) groups excluding carboxylic acids is 1. The first kappa shape index (κ1) is 7.78. The lowest BCUT2D eigenvalue weighted by molar-refractivity contribution is -0.114. The molecule has 0 bridgehead atoms. The zero-order chi connectivity index (χ0) is 8.43. The lowest BCUT2D eigenvalue weighted by Crippen LogP contribution is -2.09. The second-order valence-electron chi connectivity index (χ2n) is 2.48. The number of aryl methyl sites for hydroxylation is 2. The minimum absolute atomic E-state index is 0.0759. The molecule has 1 aromatic rings. The van der Waals surface area contributed by atoms with Gasteiger partial charge in [0, 0.05) is 20.0 Å². The van der Waals surface area contributed by atoms with E-state index in [-0.39, 0.29) is 5.91 Å². The van der Waals surface area contributed by atoms with Gasteiger partial charge in [0.1, 0.15) is 5.82 Å². The maximum absolute atomic E-state index is 10.6. The Morgan fingerprint density at radius 1 is 1.73 bits per heavy atom. The van der Waals surface area contributed by atoms with Crippen LogP contribution in [-0.2, 0) is 11.8 Å². The Bertz CT molecular complexity index is 277. The highest BCUT2D eigenvalue weighted by Gasteiger charge is 2.01. The molecule has 0 aliphatic carbocycles. The van der Waals surface area contributed by atoms with Crippen LogP contribution < -0.4 is 5.32 Å². The summed E-state index contributed by atoms with van der Waals surface area (Å²) in [5.74, 6) is 0.656. The maximum atomic E-state index is 10.6. The summed E-state index contributed by atoms with van der Waals surface area (Å²) < 4.78 is 1.64. The van der Waals surface area contributed by atoms with Crippen molar-refractivity contribution in [2.24, 2.45) is 7.05 Å². The molecule has 0 atom stereocenters. The van der Waals surface area contributed by atoms with Crippen LogP contribution in [0.4, 0.5) is 5.82 Å². The van der Waals surface area contributed by atoms with Gasteiger partial charge in [-0.3, -0.25) is 9.48 Å². The average Bonchev–Trinajstić information content (AvgIpc) is 2.09. The summed E-state index contributed by atoms with van der Waals surface area (Å²) in [7, 11) is 1.79. The van der Waals surface area contributed by atoms with Gasteiger partial charge in [-0.05, 0) is 6.92 Å². The summed E-state index contributed by atoms with van der Waals surface area (Å²) in [6, 6.07) is 1.82. The number of hydrogen-bond donors (Lipinski definition) is 1. The summed E-state index contributed by atoms with van der Waals surface area (Å²) in [5, 5.41) is 6.72. The van der Waals surface area contributed by atoms with Crippen LogP contribution in [0.1, 0.15) is 12.6 Å². The van der Waals surface area contributed by atoms with Gasteiger partial charge in [0.25, 0.3) is 0 Å². The fourth-order valence-electron chi connectivity index (χ4n) is 0.908. The second-order valence-corrected chi connectivity index (χ2v) is 2.48. The Hall–Kier alpha value is -1.32. The highest BCUT2D eigenvalue weighted by molar-refractivity contribution is 5.87. The number of aromatic nitrogens is 2. The molecule has 0 spiro atoms. The van der Waals surface area contributed by atoms with Crippen molar-refractivity contribution in [2.75, 3.05) is 5.32 Å². The molecule has 1 amide bonds. The molecule has 0 unspecified atom stereocenters. The highest BCUT2D eigenvalue weighted by atomic mass is 16.1. The monoisotopic (exact) mass is 153 g/mol. The maximum Gasteiger partial charge on any atom is 0.222 e. The van der Waals surface area contributed by atoms with Crippen LogP contribution in [-0.4, -0.2) is 15.7 Å². The third-order valence-electron chi connectivity index (χ3n) is 1.31.